The molecule has 1 aromatic carbocycles. The van der Waals surface area contributed by atoms with Crippen LogP contribution in [0.3, 0.4) is 0 Å². The lowest BCUT2D eigenvalue weighted by atomic mass is 10.1. The van der Waals surface area contributed by atoms with Gasteiger partial charge in [0.05, 0.1) is 0 Å². The number of hydrogen-bond donors (Lipinski definition) is 0. The average molecular weight is 216 g/mol. The van der Waals surface area contributed by atoms with Crippen molar-refractivity contribution in [1.82, 2.24) is 0 Å². The van der Waals surface area contributed by atoms with Crippen LogP contribution in [-0.4, -0.2) is 12.1 Å². The molecule has 0 saturated carbocycles. The molecular formula is C14H16O2. The van der Waals surface area contributed by atoms with E-state index in [-0.39, 0.29) is 6.10 Å². The molecule has 16 heavy (non-hydrogen) atoms. The summed E-state index contributed by atoms with van der Waals surface area (Å²) in [6.45, 7) is 7.18. The van der Waals surface area contributed by atoms with E-state index >= 15 is 0 Å². The molecule has 0 unspecified atom stereocenters. The molecule has 0 aliphatic heterocycles. The number of carbonyl (C=O) groups excluding carboxylic acids is 1. The van der Waals surface area contributed by atoms with E-state index in [0.717, 1.165) is 11.1 Å². The normalized spacial score (nSPS) is 13.0. The number of benzene rings is 1. The predicted molar refractivity (Wildman–Crippen MR) is 65.8 cm³/mol. The molecule has 1 aromatic rings. The maximum absolute atomic E-state index is 11.0. The maximum atomic E-state index is 11.0. The van der Waals surface area contributed by atoms with E-state index in [4.69, 9.17) is 4.74 Å². The van der Waals surface area contributed by atoms with Gasteiger partial charge in [-0.15, -0.1) is 0 Å². The molecule has 1 rings (SSSR count). The van der Waals surface area contributed by atoms with Crippen molar-refractivity contribution in [3.8, 4) is 0 Å². The molecule has 0 radical (unpaired) electrons. The first-order valence-corrected chi connectivity index (χ1v) is 5.20. The van der Waals surface area contributed by atoms with Gasteiger partial charge in [-0.3, -0.25) is 0 Å². The van der Waals surface area contributed by atoms with Crippen molar-refractivity contribution in [2.45, 2.75) is 20.0 Å². The Labute approximate surface area is 96.2 Å². The van der Waals surface area contributed by atoms with E-state index in [9.17, 15) is 4.79 Å². The van der Waals surface area contributed by atoms with E-state index in [1.807, 2.05) is 50.3 Å². The summed E-state index contributed by atoms with van der Waals surface area (Å²) in [7, 11) is 0. The van der Waals surface area contributed by atoms with Gasteiger partial charge in [-0.05, 0) is 31.1 Å². The van der Waals surface area contributed by atoms with Crippen molar-refractivity contribution in [1.29, 1.82) is 0 Å². The van der Waals surface area contributed by atoms with Crippen LogP contribution in [0.25, 0.3) is 5.57 Å². The summed E-state index contributed by atoms with van der Waals surface area (Å²) in [6.07, 6.45) is 2.84. The summed E-state index contributed by atoms with van der Waals surface area (Å²) in [4.78, 5) is 11.0. The fourth-order valence-electron chi connectivity index (χ4n) is 1.41. The van der Waals surface area contributed by atoms with Gasteiger partial charge in [0.1, 0.15) is 6.10 Å². The third-order valence-corrected chi connectivity index (χ3v) is 2.18. The fourth-order valence-corrected chi connectivity index (χ4v) is 1.41. The molecule has 84 valence electrons. The molecule has 0 N–H and O–H groups in total. The summed E-state index contributed by atoms with van der Waals surface area (Å²) in [5.74, 6) is -0.399. The quantitative estimate of drug-likeness (QED) is 0.570. The highest BCUT2D eigenvalue weighted by molar-refractivity contribution is 5.81. The van der Waals surface area contributed by atoms with Gasteiger partial charge in [-0.25, -0.2) is 4.79 Å². The van der Waals surface area contributed by atoms with Crippen LogP contribution in [0.1, 0.15) is 19.4 Å². The highest BCUT2D eigenvalue weighted by Gasteiger charge is 2.04. The van der Waals surface area contributed by atoms with Crippen LogP contribution >= 0.6 is 0 Å². The zero-order chi connectivity index (χ0) is 12.0. The molecule has 2 heteroatoms. The Hall–Kier alpha value is -1.83. The lowest BCUT2D eigenvalue weighted by molar-refractivity contribution is -0.140. The molecule has 0 spiro atoms. The van der Waals surface area contributed by atoms with Gasteiger partial charge >= 0.3 is 5.97 Å². The topological polar surface area (TPSA) is 26.3 Å². The minimum Gasteiger partial charge on any atom is -0.455 e. The number of ether oxygens (including phenoxy) is 1. The summed E-state index contributed by atoms with van der Waals surface area (Å²) in [6, 6.07) is 9.97. The molecule has 2 nitrogen and oxygen atoms in total. The summed E-state index contributed by atoms with van der Waals surface area (Å²) >= 11 is 0. The number of hydrogen-bond acceptors (Lipinski definition) is 2. The van der Waals surface area contributed by atoms with Crippen LogP contribution in [0.15, 0.2) is 49.1 Å². The maximum Gasteiger partial charge on any atom is 0.330 e. The molecule has 0 aliphatic rings. The van der Waals surface area contributed by atoms with Crippen molar-refractivity contribution >= 4 is 11.5 Å². The van der Waals surface area contributed by atoms with Gasteiger partial charge in [0.15, 0.2) is 0 Å². The minimum absolute atomic E-state index is 0.245. The number of esters is 1. The van der Waals surface area contributed by atoms with Crippen LogP contribution in [0.2, 0.25) is 0 Å². The van der Waals surface area contributed by atoms with E-state index < -0.39 is 5.97 Å². The molecule has 1 atom stereocenters. The average Bonchev–Trinajstić information content (AvgIpc) is 2.29. The van der Waals surface area contributed by atoms with Gasteiger partial charge in [-0.2, -0.15) is 0 Å². The van der Waals surface area contributed by atoms with Crippen molar-refractivity contribution in [2.24, 2.45) is 0 Å². The SMILES string of the molecule is C=CC(=O)O[C@H](C)/C=C(\C)c1ccccc1. The molecule has 0 aliphatic carbocycles. The van der Waals surface area contributed by atoms with E-state index in [2.05, 4.69) is 6.58 Å². The van der Waals surface area contributed by atoms with Gasteiger partial charge in [0.2, 0.25) is 0 Å². The van der Waals surface area contributed by atoms with E-state index in [1.54, 1.807) is 0 Å². The number of carbonyl (C=O) groups is 1. The fraction of sp³-hybridized carbons (Fsp3) is 0.214. The Bertz CT molecular complexity index is 390. The lowest BCUT2D eigenvalue weighted by Crippen LogP contribution is -2.10. The zero-order valence-corrected chi connectivity index (χ0v) is 9.64. The molecule has 0 bridgehead atoms. The Morgan fingerprint density at radius 2 is 2.00 bits per heavy atom. The minimum atomic E-state index is -0.399. The Balaban J connectivity index is 2.70. The van der Waals surface area contributed by atoms with E-state index in [0.29, 0.717) is 0 Å². The van der Waals surface area contributed by atoms with Gasteiger partial charge in [0.25, 0.3) is 0 Å². The van der Waals surface area contributed by atoms with Gasteiger partial charge in [-0.1, -0.05) is 36.9 Å². The van der Waals surface area contributed by atoms with Crippen LogP contribution < -0.4 is 0 Å². The number of allylic oxidation sites excluding steroid dienone is 1. The lowest BCUT2D eigenvalue weighted by Gasteiger charge is -2.09. The molecule has 0 heterocycles. The molecular weight excluding hydrogens is 200 g/mol. The zero-order valence-electron chi connectivity index (χ0n) is 9.64. The standard InChI is InChI=1S/C14H16O2/c1-4-14(15)16-12(3)10-11(2)13-8-6-5-7-9-13/h4-10,12H,1H2,2-3H3/b11-10+/t12-/m1/s1. The second-order valence-corrected chi connectivity index (χ2v) is 3.56. The monoisotopic (exact) mass is 216 g/mol. The predicted octanol–water partition coefficient (Wildman–Crippen LogP) is 3.21. The Morgan fingerprint density at radius 1 is 1.38 bits per heavy atom. The van der Waals surface area contributed by atoms with Crippen molar-refractivity contribution in [2.75, 3.05) is 0 Å². The van der Waals surface area contributed by atoms with Crippen LogP contribution in [0.5, 0.6) is 0 Å². The first-order valence-electron chi connectivity index (χ1n) is 5.20. The summed E-state index contributed by atoms with van der Waals surface area (Å²) in [5, 5.41) is 0. The molecule has 0 fully saturated rings. The molecule has 0 amide bonds. The second-order valence-electron chi connectivity index (χ2n) is 3.56. The Kier molecular flexibility index (Phi) is 4.52. The third-order valence-electron chi connectivity index (χ3n) is 2.18. The third kappa shape index (κ3) is 3.73. The van der Waals surface area contributed by atoms with Crippen molar-refractivity contribution < 1.29 is 9.53 Å². The summed E-state index contributed by atoms with van der Waals surface area (Å²) < 4.78 is 5.06. The number of rotatable bonds is 4. The summed E-state index contributed by atoms with van der Waals surface area (Å²) in [5.41, 5.74) is 2.22. The highest BCUT2D eigenvalue weighted by Crippen LogP contribution is 2.14. The first kappa shape index (κ1) is 12.2. The first-order chi connectivity index (χ1) is 7.63. The smallest absolute Gasteiger partial charge is 0.330 e. The van der Waals surface area contributed by atoms with Gasteiger partial charge < -0.3 is 4.74 Å². The second kappa shape index (κ2) is 5.91. The molecule has 0 aromatic heterocycles. The van der Waals surface area contributed by atoms with E-state index in [1.165, 1.54) is 6.08 Å². The van der Waals surface area contributed by atoms with Crippen molar-refractivity contribution in [3.05, 3.63) is 54.6 Å². The van der Waals surface area contributed by atoms with Crippen LogP contribution in [0, 0.1) is 0 Å². The van der Waals surface area contributed by atoms with Crippen molar-refractivity contribution in [3.63, 3.8) is 0 Å². The highest BCUT2D eigenvalue weighted by atomic mass is 16.5. The molecule has 0 saturated heterocycles. The van der Waals surface area contributed by atoms with Gasteiger partial charge in [0, 0.05) is 6.08 Å². The van der Waals surface area contributed by atoms with Crippen LogP contribution in [-0.2, 0) is 9.53 Å². The Morgan fingerprint density at radius 3 is 2.56 bits per heavy atom. The van der Waals surface area contributed by atoms with Crippen LogP contribution in [0.4, 0.5) is 0 Å². The largest absolute Gasteiger partial charge is 0.455 e.